The Balaban J connectivity index is 2.93. The number of rotatable bonds is 1. The van der Waals surface area contributed by atoms with Gasteiger partial charge in [-0.05, 0) is 12.1 Å². The van der Waals surface area contributed by atoms with E-state index in [2.05, 4.69) is 10.7 Å². The van der Waals surface area contributed by atoms with Crippen molar-refractivity contribution in [3.05, 3.63) is 24.2 Å². The Labute approximate surface area is 47.1 Å². The molecule has 0 atom stereocenters. The first-order valence-corrected chi connectivity index (χ1v) is 2.27. The van der Waals surface area contributed by atoms with Crippen LogP contribution in [0, 0.1) is 6.26 Å². The van der Waals surface area contributed by atoms with Crippen LogP contribution in [0.15, 0.2) is 16.5 Å². The van der Waals surface area contributed by atoms with Gasteiger partial charge in [0.05, 0.1) is 0 Å². The van der Waals surface area contributed by atoms with Gasteiger partial charge in [-0.3, -0.25) is 4.79 Å². The Morgan fingerprint density at radius 1 is 1.88 bits per heavy atom. The van der Waals surface area contributed by atoms with Crippen LogP contribution in [0.4, 0.5) is 0 Å². The Morgan fingerprint density at radius 3 is 2.88 bits per heavy atom. The van der Waals surface area contributed by atoms with Crippen molar-refractivity contribution in [3.63, 3.8) is 0 Å². The summed E-state index contributed by atoms with van der Waals surface area (Å²) in [6.07, 6.45) is 2.42. The van der Waals surface area contributed by atoms with Crippen LogP contribution in [0.5, 0.6) is 0 Å². The summed E-state index contributed by atoms with van der Waals surface area (Å²) in [4.78, 5) is 10.4. The first-order chi connectivity index (χ1) is 3.80. The Morgan fingerprint density at radius 2 is 2.62 bits per heavy atom. The second-order valence-electron chi connectivity index (χ2n) is 1.47. The highest BCUT2D eigenvalue weighted by atomic mass is 16.3. The van der Waals surface area contributed by atoms with Gasteiger partial charge in [0.1, 0.15) is 0 Å². The molecular formula is C6H5O2. The highest BCUT2D eigenvalue weighted by Gasteiger charge is 1.98. The molecule has 0 aliphatic carbocycles. The van der Waals surface area contributed by atoms with E-state index in [0.29, 0.717) is 5.76 Å². The van der Waals surface area contributed by atoms with Gasteiger partial charge >= 0.3 is 0 Å². The van der Waals surface area contributed by atoms with Gasteiger partial charge in [-0.15, -0.1) is 0 Å². The summed E-state index contributed by atoms with van der Waals surface area (Å²) in [5, 5.41) is 0. The molecule has 2 nitrogen and oxygen atoms in total. The maximum absolute atomic E-state index is 10.4. The van der Waals surface area contributed by atoms with Crippen LogP contribution in [-0.2, 0) is 0 Å². The third kappa shape index (κ3) is 0.780. The van der Waals surface area contributed by atoms with Crippen LogP contribution in [0.2, 0.25) is 0 Å². The maximum Gasteiger partial charge on any atom is 0.194 e. The normalized spacial score (nSPS) is 9.12. The molecule has 2 heteroatoms. The Bertz CT molecular complexity index is 174. The molecule has 0 saturated heterocycles. The van der Waals surface area contributed by atoms with Crippen LogP contribution >= 0.6 is 0 Å². The first-order valence-electron chi connectivity index (χ1n) is 2.27. The molecule has 0 aliphatic rings. The molecule has 0 unspecified atom stereocenters. The minimum atomic E-state index is -0.0637. The standard InChI is InChI=1S/C6H5O2/c1-5(7)6-3-2-4-8-6/h2-3H,1H3. The SMILES string of the molecule is CC(=O)c1cc[c]o1. The molecule has 1 radical (unpaired) electrons. The number of hydrogen-bond donors (Lipinski definition) is 0. The molecule has 0 N–H and O–H groups in total. The predicted octanol–water partition coefficient (Wildman–Crippen LogP) is 1.28. The summed E-state index contributed by atoms with van der Waals surface area (Å²) in [7, 11) is 0. The van der Waals surface area contributed by atoms with Gasteiger partial charge in [-0.2, -0.15) is 0 Å². The summed E-state index contributed by atoms with van der Waals surface area (Å²) in [5.41, 5.74) is 0. The van der Waals surface area contributed by atoms with E-state index in [4.69, 9.17) is 0 Å². The number of carbonyl (C=O) groups is 1. The van der Waals surface area contributed by atoms with Gasteiger partial charge in [0.25, 0.3) is 0 Å². The van der Waals surface area contributed by atoms with Crippen molar-refractivity contribution in [3.8, 4) is 0 Å². The van der Waals surface area contributed by atoms with Gasteiger partial charge in [0, 0.05) is 6.92 Å². The molecule has 1 aromatic rings. The topological polar surface area (TPSA) is 30.2 Å². The van der Waals surface area contributed by atoms with E-state index in [1.807, 2.05) is 0 Å². The van der Waals surface area contributed by atoms with Crippen molar-refractivity contribution in [2.45, 2.75) is 6.92 Å². The van der Waals surface area contributed by atoms with Crippen molar-refractivity contribution in [1.29, 1.82) is 0 Å². The van der Waals surface area contributed by atoms with Gasteiger partial charge in [-0.1, -0.05) is 0 Å². The third-order valence-electron chi connectivity index (χ3n) is 0.819. The van der Waals surface area contributed by atoms with E-state index in [9.17, 15) is 4.79 Å². The van der Waals surface area contributed by atoms with E-state index >= 15 is 0 Å². The zero-order valence-corrected chi connectivity index (χ0v) is 4.47. The van der Waals surface area contributed by atoms with Gasteiger partial charge < -0.3 is 4.42 Å². The van der Waals surface area contributed by atoms with Gasteiger partial charge in [-0.25, -0.2) is 0 Å². The predicted molar refractivity (Wildman–Crippen MR) is 27.5 cm³/mol. The van der Waals surface area contributed by atoms with E-state index < -0.39 is 0 Å². The minimum absolute atomic E-state index is 0.0637. The molecule has 0 bridgehead atoms. The number of ketones is 1. The summed E-state index contributed by atoms with van der Waals surface area (Å²) < 4.78 is 4.62. The van der Waals surface area contributed by atoms with Crippen molar-refractivity contribution < 1.29 is 9.21 Å². The maximum atomic E-state index is 10.4. The monoisotopic (exact) mass is 109 g/mol. The smallest absolute Gasteiger partial charge is 0.194 e. The van der Waals surface area contributed by atoms with E-state index in [1.165, 1.54) is 6.92 Å². The van der Waals surface area contributed by atoms with Crippen molar-refractivity contribution in [2.75, 3.05) is 0 Å². The molecule has 0 aromatic carbocycles. The fourth-order valence-electron chi connectivity index (χ4n) is 0.430. The molecule has 0 aliphatic heterocycles. The largest absolute Gasteiger partial charge is 0.450 e. The fraction of sp³-hybridized carbons (Fsp3) is 0.167. The minimum Gasteiger partial charge on any atom is -0.450 e. The van der Waals surface area contributed by atoms with Gasteiger partial charge in [0.15, 0.2) is 17.8 Å². The molecule has 1 rings (SSSR count). The fourth-order valence-corrected chi connectivity index (χ4v) is 0.430. The number of furan rings is 1. The number of Topliss-reactive ketones (excluding diaryl/α,β-unsaturated/α-hetero) is 1. The molecule has 1 aromatic heterocycles. The van der Waals surface area contributed by atoms with Crippen LogP contribution in [0.3, 0.4) is 0 Å². The lowest BCUT2D eigenvalue weighted by atomic mass is 10.3. The van der Waals surface area contributed by atoms with E-state index in [0.717, 1.165) is 0 Å². The van der Waals surface area contributed by atoms with E-state index in [1.54, 1.807) is 12.1 Å². The summed E-state index contributed by atoms with van der Waals surface area (Å²) in [6.45, 7) is 1.45. The number of carbonyl (C=O) groups excluding carboxylic acids is 1. The molecule has 0 fully saturated rings. The zero-order chi connectivity index (χ0) is 5.98. The van der Waals surface area contributed by atoms with E-state index in [-0.39, 0.29) is 5.78 Å². The molecule has 41 valence electrons. The lowest BCUT2D eigenvalue weighted by molar-refractivity contribution is 0.0987. The average molecular weight is 109 g/mol. The van der Waals surface area contributed by atoms with Gasteiger partial charge in [0.2, 0.25) is 0 Å². The second-order valence-corrected chi connectivity index (χ2v) is 1.47. The molecular weight excluding hydrogens is 104 g/mol. The Kier molecular flexibility index (Phi) is 1.16. The molecule has 0 saturated carbocycles. The number of hydrogen-bond acceptors (Lipinski definition) is 2. The quantitative estimate of drug-likeness (QED) is 0.508. The first kappa shape index (κ1) is 5.09. The van der Waals surface area contributed by atoms with Crippen LogP contribution in [0.25, 0.3) is 0 Å². The highest BCUT2D eigenvalue weighted by Crippen LogP contribution is 1.98. The van der Waals surface area contributed by atoms with Crippen LogP contribution < -0.4 is 0 Å². The summed E-state index contributed by atoms with van der Waals surface area (Å²) in [5.74, 6) is 0.302. The molecule has 0 amide bonds. The van der Waals surface area contributed by atoms with Crippen LogP contribution in [0.1, 0.15) is 17.5 Å². The summed E-state index contributed by atoms with van der Waals surface area (Å²) >= 11 is 0. The van der Waals surface area contributed by atoms with Crippen LogP contribution in [-0.4, -0.2) is 5.78 Å². The molecule has 0 spiro atoms. The summed E-state index contributed by atoms with van der Waals surface area (Å²) in [6, 6.07) is 3.15. The van der Waals surface area contributed by atoms with Crippen molar-refractivity contribution in [1.82, 2.24) is 0 Å². The average Bonchev–Trinajstić information content (AvgIpc) is 2.12. The second kappa shape index (κ2) is 1.82. The Hall–Kier alpha value is -1.05. The molecule has 8 heavy (non-hydrogen) atoms. The molecule has 1 heterocycles. The van der Waals surface area contributed by atoms with Crippen molar-refractivity contribution in [2.24, 2.45) is 0 Å². The zero-order valence-electron chi connectivity index (χ0n) is 4.47. The lowest BCUT2D eigenvalue weighted by Crippen LogP contribution is -1.85. The highest BCUT2D eigenvalue weighted by molar-refractivity contribution is 5.91. The lowest BCUT2D eigenvalue weighted by Gasteiger charge is -1.79. The van der Waals surface area contributed by atoms with Crippen molar-refractivity contribution >= 4 is 5.78 Å². The third-order valence-corrected chi connectivity index (χ3v) is 0.819.